The van der Waals surface area contributed by atoms with Gasteiger partial charge in [0.25, 0.3) is 0 Å². The van der Waals surface area contributed by atoms with Crippen LogP contribution in [-0.4, -0.2) is 48.2 Å². The molecule has 3 heterocycles. The maximum atomic E-state index is 14.1. The van der Waals surface area contributed by atoms with Crippen molar-refractivity contribution in [3.8, 4) is 34.5 Å². The second kappa shape index (κ2) is 29.6. The van der Waals surface area contributed by atoms with Gasteiger partial charge in [0.15, 0.2) is 23.1 Å². The molecule has 3 aromatic heterocycles. The number of nitrogens with zero attached hydrogens (tertiary/aromatic N) is 3. The van der Waals surface area contributed by atoms with Crippen LogP contribution in [0.25, 0.3) is 0 Å². The maximum absolute atomic E-state index is 14.1. The minimum absolute atomic E-state index is 0.227. The number of aromatic carboxylic acids is 3. The number of pyridine rings is 3. The Morgan fingerprint density at radius 1 is 0.461 bits per heavy atom. The number of hydrogen-bond acceptors (Lipinski definition) is 9. The highest BCUT2D eigenvalue weighted by Crippen LogP contribution is 2.42. The van der Waals surface area contributed by atoms with E-state index >= 15 is 0 Å². The van der Waals surface area contributed by atoms with Gasteiger partial charge in [0.2, 0.25) is 0 Å². The number of carboxylic acid groups (broad SMARTS) is 3. The average Bonchev–Trinajstić information content (AvgIpc) is 2.16. The molecule has 15 heteroatoms. The third kappa shape index (κ3) is 16.3. The van der Waals surface area contributed by atoms with E-state index in [1.807, 2.05) is 80.6 Å². The van der Waals surface area contributed by atoms with Gasteiger partial charge in [-0.05, 0) is 280 Å². The zero-order chi connectivity index (χ0) is 62.4. The first kappa shape index (κ1) is 62.8. The smallest absolute Gasteiger partial charge is 0.336 e. The summed E-state index contributed by atoms with van der Waals surface area (Å²) in [6.07, 6.45) is 23.7. The van der Waals surface area contributed by atoms with Gasteiger partial charge >= 0.3 is 17.9 Å². The Hall–Kier alpha value is -9.27. The highest BCUT2D eigenvalue weighted by Gasteiger charge is 2.26. The van der Waals surface area contributed by atoms with Gasteiger partial charge in [-0.25, -0.2) is 23.2 Å². The summed E-state index contributed by atoms with van der Waals surface area (Å²) >= 11 is 6.20. The second-order valence-corrected chi connectivity index (χ2v) is 23.5. The van der Waals surface area contributed by atoms with Crippen LogP contribution in [0.1, 0.15) is 168 Å². The predicted octanol–water partition coefficient (Wildman–Crippen LogP) is 18.4. The zero-order valence-electron chi connectivity index (χ0n) is 49.8. The van der Waals surface area contributed by atoms with Gasteiger partial charge in [0.1, 0.15) is 23.0 Å². The minimum atomic E-state index is -0.915. The van der Waals surface area contributed by atoms with Crippen molar-refractivity contribution in [3.05, 3.63) is 265 Å². The molecule has 3 atom stereocenters. The summed E-state index contributed by atoms with van der Waals surface area (Å²) in [4.78, 5) is 46.6. The molecule has 0 amide bonds. The Kier molecular flexibility index (Phi) is 20.9. The van der Waals surface area contributed by atoms with Crippen LogP contribution in [0.3, 0.4) is 0 Å². The molecule has 0 saturated carbocycles. The number of carboxylic acids is 3. The normalized spacial score (nSPS) is 15.5. The summed E-state index contributed by atoms with van der Waals surface area (Å²) in [5, 5.41) is 28.7. The topological polar surface area (TPSA) is 178 Å². The Morgan fingerprint density at radius 3 is 1.15 bits per heavy atom. The molecule has 0 fully saturated rings. The van der Waals surface area contributed by atoms with E-state index in [2.05, 4.69) is 39.2 Å². The van der Waals surface area contributed by atoms with E-state index in [0.717, 1.165) is 111 Å². The summed E-state index contributed by atoms with van der Waals surface area (Å²) in [6.45, 7) is 3.69. The number of aryl methyl sites for hydroxylation is 8. The van der Waals surface area contributed by atoms with Crippen molar-refractivity contribution in [2.45, 2.75) is 128 Å². The maximum Gasteiger partial charge on any atom is 0.336 e. The van der Waals surface area contributed by atoms with Gasteiger partial charge in [-0.3, -0.25) is 15.0 Å². The number of ether oxygens (including phenoxy) is 3. The Bertz CT molecular complexity index is 3830. The largest absolute Gasteiger partial charge is 0.478 e. The van der Waals surface area contributed by atoms with E-state index in [9.17, 15) is 38.5 Å². The number of fused-ring (bicyclic) bond motifs is 3. The minimum Gasteiger partial charge on any atom is -0.478 e. The fourth-order valence-electron chi connectivity index (χ4n) is 12.5. The highest BCUT2D eigenvalue weighted by atomic mass is 35.5. The SMILES string of the molecule is Cc1ccc(Oc2ccc3c(c2)CCCC3CCc2cnccc2C(=O)O)c(F)c1.Cc1ccc(Oc2ccc3c(c2)CCCC3CCc2cnccc2C(=O)O)c(F)c1.O=C(O)c1ccncc1CCC1CCCc2cc(Oc3ccccc3Cl)ccc21. The molecule has 0 saturated heterocycles. The zero-order valence-corrected chi connectivity index (χ0v) is 50.5. The van der Waals surface area contributed by atoms with E-state index < -0.39 is 17.9 Å². The molecule has 12 rings (SSSR count). The summed E-state index contributed by atoms with van der Waals surface area (Å²) in [6, 6.07) is 40.2. The van der Waals surface area contributed by atoms with E-state index in [1.54, 1.807) is 48.9 Å². The highest BCUT2D eigenvalue weighted by molar-refractivity contribution is 6.32. The second-order valence-electron chi connectivity index (χ2n) is 23.1. The molecule has 0 aliphatic heterocycles. The number of benzene rings is 6. The number of carbonyl (C=O) groups is 3. The third-order valence-corrected chi connectivity index (χ3v) is 17.4. The number of halogens is 3. The molecule has 456 valence electrons. The molecule has 3 aliphatic carbocycles. The van der Waals surface area contributed by atoms with E-state index in [0.29, 0.717) is 76.0 Å². The van der Waals surface area contributed by atoms with Crippen molar-refractivity contribution in [1.82, 2.24) is 15.0 Å². The lowest BCUT2D eigenvalue weighted by atomic mass is 9.79. The molecule has 0 radical (unpaired) electrons. The van der Waals surface area contributed by atoms with E-state index in [-0.39, 0.29) is 23.1 Å². The molecule has 6 aromatic carbocycles. The number of aromatic nitrogens is 3. The first-order chi connectivity index (χ1) is 43.1. The molecular formula is C74H70ClF2N3O9. The monoisotopic (exact) mass is 1220 g/mol. The Labute approximate surface area is 522 Å². The quantitative estimate of drug-likeness (QED) is 0.0742. The van der Waals surface area contributed by atoms with E-state index in [1.165, 1.54) is 64.1 Å². The predicted molar refractivity (Wildman–Crippen MR) is 339 cm³/mol. The van der Waals surface area contributed by atoms with Crippen LogP contribution in [0.15, 0.2) is 171 Å². The first-order valence-electron chi connectivity index (χ1n) is 30.3. The van der Waals surface area contributed by atoms with Crippen LogP contribution in [0, 0.1) is 25.5 Å². The van der Waals surface area contributed by atoms with Gasteiger partial charge in [0.05, 0.1) is 21.7 Å². The van der Waals surface area contributed by atoms with Crippen molar-refractivity contribution in [3.63, 3.8) is 0 Å². The molecule has 3 aliphatic rings. The summed E-state index contributed by atoms with van der Waals surface area (Å²) in [5.41, 5.74) is 12.7. The van der Waals surface area contributed by atoms with Crippen molar-refractivity contribution in [2.75, 3.05) is 0 Å². The first-order valence-corrected chi connectivity index (χ1v) is 30.7. The number of rotatable bonds is 18. The number of para-hydroxylation sites is 1. The van der Waals surface area contributed by atoms with Gasteiger partial charge in [-0.15, -0.1) is 0 Å². The molecule has 3 N–H and O–H groups in total. The van der Waals surface area contributed by atoms with Crippen molar-refractivity contribution in [2.24, 2.45) is 0 Å². The van der Waals surface area contributed by atoms with Crippen molar-refractivity contribution >= 4 is 29.5 Å². The van der Waals surface area contributed by atoms with Crippen LogP contribution < -0.4 is 14.2 Å². The Balaban J connectivity index is 0.000000147. The van der Waals surface area contributed by atoms with Crippen molar-refractivity contribution < 1.29 is 52.7 Å². The fourth-order valence-corrected chi connectivity index (χ4v) is 12.7. The third-order valence-electron chi connectivity index (χ3n) is 17.0. The lowest BCUT2D eigenvalue weighted by Gasteiger charge is -2.26. The van der Waals surface area contributed by atoms with Gasteiger partial charge in [-0.2, -0.15) is 0 Å². The fraction of sp³-hybridized carbons (Fsp3) is 0.270. The van der Waals surface area contributed by atoms with Crippen LogP contribution >= 0.6 is 11.6 Å². The van der Waals surface area contributed by atoms with Gasteiger partial charge < -0.3 is 29.5 Å². The van der Waals surface area contributed by atoms with Crippen molar-refractivity contribution in [1.29, 1.82) is 0 Å². The van der Waals surface area contributed by atoms with Crippen LogP contribution in [0.2, 0.25) is 5.02 Å². The molecule has 9 aromatic rings. The van der Waals surface area contributed by atoms with E-state index in [4.69, 9.17) is 25.8 Å². The lowest BCUT2D eigenvalue weighted by Crippen LogP contribution is -2.12. The molecule has 0 bridgehead atoms. The molecule has 12 nitrogen and oxygen atoms in total. The Morgan fingerprint density at radius 2 is 0.809 bits per heavy atom. The van der Waals surface area contributed by atoms with Crippen LogP contribution in [0.5, 0.6) is 34.5 Å². The van der Waals surface area contributed by atoms with Gasteiger partial charge in [-0.1, -0.05) is 54.1 Å². The standard InChI is InChI=1S/2C25H24FNO3.C24H22ClNO3/c2*1-16-5-10-24(23(26)13-16)30-20-8-9-21-17(3-2-4-18(21)14-20)6-7-19-15-27-12-11-22(19)25(28)29;25-22-6-1-2-7-23(22)29-19-10-11-20-16(4-3-5-17(20)14-19)8-9-18-15-26-13-12-21(18)24(27)28/h2*5,8-15,17H,2-4,6-7H2,1H3,(H,28,29);1-2,6-7,10-16H,3-5,8-9H2,(H,27,28). The average molecular weight is 1220 g/mol. The molecule has 0 spiro atoms. The van der Waals surface area contributed by atoms with Gasteiger partial charge in [0, 0.05) is 37.2 Å². The molecule has 89 heavy (non-hydrogen) atoms. The summed E-state index contributed by atoms with van der Waals surface area (Å²) < 4.78 is 45.8. The summed E-state index contributed by atoms with van der Waals surface area (Å²) in [7, 11) is 0. The summed E-state index contributed by atoms with van der Waals surface area (Å²) in [5.74, 6) is 0.851. The van der Waals surface area contributed by atoms with Crippen LogP contribution in [-0.2, 0) is 38.5 Å². The molecule has 3 unspecified atom stereocenters. The van der Waals surface area contributed by atoms with Crippen LogP contribution in [0.4, 0.5) is 8.78 Å². The number of hydrogen-bond donors (Lipinski definition) is 3. The lowest BCUT2D eigenvalue weighted by molar-refractivity contribution is 0.0684. The molecular weight excluding hydrogens is 1150 g/mol.